The third kappa shape index (κ3) is 5.04. The number of rotatable bonds is 7. The molecule has 1 aromatic heterocycles. The first kappa shape index (κ1) is 18.8. The van der Waals surface area contributed by atoms with Crippen molar-refractivity contribution in [1.82, 2.24) is 4.98 Å². The van der Waals surface area contributed by atoms with Gasteiger partial charge in [0, 0.05) is 23.2 Å². The number of nitrogens with zero attached hydrogens (tertiary/aromatic N) is 1. The van der Waals surface area contributed by atoms with Crippen molar-refractivity contribution >= 4 is 29.1 Å². The lowest BCUT2D eigenvalue weighted by Gasteiger charge is -2.04. The monoisotopic (exact) mass is 384 g/mol. The molecule has 0 radical (unpaired) electrons. The van der Waals surface area contributed by atoms with Gasteiger partial charge in [0.25, 0.3) is 5.22 Å². The van der Waals surface area contributed by atoms with Gasteiger partial charge in [-0.05, 0) is 48.5 Å². The predicted octanol–water partition coefficient (Wildman–Crippen LogP) is 4.80. The number of thioether (sulfide) groups is 1. The van der Waals surface area contributed by atoms with Crippen molar-refractivity contribution in [3.05, 3.63) is 66.1 Å². The Bertz CT molecular complexity index is 937. The Balaban J connectivity index is 1.57. The van der Waals surface area contributed by atoms with E-state index in [1.54, 1.807) is 49.5 Å². The fraction of sp³-hybridized carbons (Fsp3) is 0.150. The maximum Gasteiger partial charge on any atom is 0.256 e. The van der Waals surface area contributed by atoms with E-state index in [9.17, 15) is 14.0 Å². The van der Waals surface area contributed by atoms with Crippen LogP contribution in [0.4, 0.5) is 10.1 Å². The summed E-state index contributed by atoms with van der Waals surface area (Å²) in [4.78, 5) is 27.8. The average Bonchev–Trinajstić information content (AvgIpc) is 3.16. The highest BCUT2D eigenvalue weighted by Crippen LogP contribution is 2.26. The minimum Gasteiger partial charge on any atom is -0.431 e. The second-order valence-corrected chi connectivity index (χ2v) is 6.61. The lowest BCUT2D eigenvalue weighted by molar-refractivity contribution is -0.115. The number of anilines is 1. The molecule has 27 heavy (non-hydrogen) atoms. The number of Topliss-reactive ketones (excluding diaryl/α,β-unsaturated/α-hetero) is 1. The van der Waals surface area contributed by atoms with Crippen LogP contribution in [-0.2, 0) is 4.79 Å². The normalized spacial score (nSPS) is 10.6. The molecule has 0 spiro atoms. The van der Waals surface area contributed by atoms with Crippen LogP contribution in [0.15, 0.2) is 64.4 Å². The Morgan fingerprint density at radius 3 is 2.48 bits per heavy atom. The average molecular weight is 384 g/mol. The maximum atomic E-state index is 13.0. The molecule has 0 aliphatic heterocycles. The minimum atomic E-state index is -0.321. The zero-order valence-electron chi connectivity index (χ0n) is 14.6. The molecular weight excluding hydrogens is 367 g/mol. The smallest absolute Gasteiger partial charge is 0.256 e. The number of nitrogens with one attached hydrogen (secondary N) is 1. The molecule has 3 aromatic rings. The maximum absolute atomic E-state index is 13.0. The summed E-state index contributed by atoms with van der Waals surface area (Å²) in [7, 11) is 0. The van der Waals surface area contributed by atoms with Crippen molar-refractivity contribution in [3.63, 3.8) is 0 Å². The van der Waals surface area contributed by atoms with Gasteiger partial charge < -0.3 is 9.73 Å². The SMILES string of the molecule is CCC(=O)Nc1ccc(C(=O)CSc2ncc(-c3ccc(F)cc3)o2)cc1. The third-order valence-corrected chi connectivity index (χ3v) is 4.59. The van der Waals surface area contributed by atoms with Crippen molar-refractivity contribution in [1.29, 1.82) is 0 Å². The van der Waals surface area contributed by atoms with Crippen LogP contribution in [0.3, 0.4) is 0 Å². The van der Waals surface area contributed by atoms with E-state index in [4.69, 9.17) is 4.42 Å². The van der Waals surface area contributed by atoms with Crippen molar-refractivity contribution in [2.75, 3.05) is 11.1 Å². The van der Waals surface area contributed by atoms with Gasteiger partial charge >= 0.3 is 0 Å². The number of benzene rings is 2. The molecule has 0 atom stereocenters. The van der Waals surface area contributed by atoms with E-state index < -0.39 is 0 Å². The van der Waals surface area contributed by atoms with Gasteiger partial charge in [-0.2, -0.15) is 0 Å². The van der Waals surface area contributed by atoms with Gasteiger partial charge in [0.1, 0.15) is 5.82 Å². The van der Waals surface area contributed by atoms with Crippen LogP contribution in [0, 0.1) is 5.82 Å². The highest BCUT2D eigenvalue weighted by atomic mass is 32.2. The Hall–Kier alpha value is -2.93. The van der Waals surface area contributed by atoms with E-state index in [-0.39, 0.29) is 23.3 Å². The Labute approximate surface area is 160 Å². The highest BCUT2D eigenvalue weighted by molar-refractivity contribution is 7.99. The van der Waals surface area contributed by atoms with E-state index in [1.165, 1.54) is 23.9 Å². The minimum absolute atomic E-state index is 0.0742. The van der Waals surface area contributed by atoms with E-state index in [1.807, 2.05) is 0 Å². The highest BCUT2D eigenvalue weighted by Gasteiger charge is 2.11. The second kappa shape index (κ2) is 8.64. The van der Waals surface area contributed by atoms with Gasteiger partial charge in [-0.25, -0.2) is 9.37 Å². The molecule has 0 aliphatic rings. The summed E-state index contributed by atoms with van der Waals surface area (Å²) < 4.78 is 18.6. The molecule has 7 heteroatoms. The molecule has 1 heterocycles. The van der Waals surface area contributed by atoms with Crippen molar-refractivity contribution in [3.8, 4) is 11.3 Å². The summed E-state index contributed by atoms with van der Waals surface area (Å²) in [5.74, 6) is 0.212. The molecule has 2 aromatic carbocycles. The molecule has 5 nitrogen and oxygen atoms in total. The van der Waals surface area contributed by atoms with Crippen LogP contribution in [0.2, 0.25) is 0 Å². The number of hydrogen-bond acceptors (Lipinski definition) is 5. The van der Waals surface area contributed by atoms with Crippen LogP contribution in [0.25, 0.3) is 11.3 Å². The van der Waals surface area contributed by atoms with Crippen LogP contribution in [0.5, 0.6) is 0 Å². The van der Waals surface area contributed by atoms with Crippen LogP contribution < -0.4 is 5.32 Å². The van der Waals surface area contributed by atoms with Gasteiger partial charge in [-0.1, -0.05) is 18.7 Å². The number of amides is 1. The first-order chi connectivity index (χ1) is 13.0. The molecule has 0 bridgehead atoms. The van der Waals surface area contributed by atoms with Crippen LogP contribution in [-0.4, -0.2) is 22.4 Å². The topological polar surface area (TPSA) is 72.2 Å². The molecule has 3 rings (SSSR count). The number of oxazole rings is 1. The lowest BCUT2D eigenvalue weighted by atomic mass is 10.1. The number of carbonyl (C=O) groups is 2. The standard InChI is InChI=1S/C20H17FN2O3S/c1-2-19(25)23-16-9-5-13(6-10-16)17(24)12-27-20-22-11-18(26-20)14-3-7-15(21)8-4-14/h3-11H,2,12H2,1H3,(H,23,25). The Morgan fingerprint density at radius 2 is 1.81 bits per heavy atom. The Morgan fingerprint density at radius 1 is 1.11 bits per heavy atom. The first-order valence-corrected chi connectivity index (χ1v) is 9.31. The quantitative estimate of drug-likeness (QED) is 0.468. The van der Waals surface area contributed by atoms with Gasteiger partial charge in [0.2, 0.25) is 5.91 Å². The van der Waals surface area contributed by atoms with Crippen molar-refractivity contribution in [2.45, 2.75) is 18.6 Å². The molecular formula is C20H17FN2O3S. The molecule has 0 saturated carbocycles. The van der Waals surface area contributed by atoms with E-state index in [0.717, 1.165) is 0 Å². The summed E-state index contributed by atoms with van der Waals surface area (Å²) in [6.07, 6.45) is 1.94. The van der Waals surface area contributed by atoms with Gasteiger partial charge in [-0.15, -0.1) is 0 Å². The summed E-state index contributed by atoms with van der Waals surface area (Å²) in [6, 6.07) is 12.7. The largest absolute Gasteiger partial charge is 0.431 e. The zero-order chi connectivity index (χ0) is 19.2. The fourth-order valence-electron chi connectivity index (χ4n) is 2.27. The summed E-state index contributed by atoms with van der Waals surface area (Å²) in [6.45, 7) is 1.77. The van der Waals surface area contributed by atoms with Gasteiger partial charge in [-0.3, -0.25) is 9.59 Å². The summed E-state index contributed by atoms with van der Waals surface area (Å²) in [5.41, 5.74) is 1.91. The Kier molecular flexibility index (Phi) is 6.03. The molecule has 0 fully saturated rings. The number of carbonyl (C=O) groups excluding carboxylic acids is 2. The number of aromatic nitrogens is 1. The molecule has 0 aliphatic carbocycles. The molecule has 1 amide bonds. The van der Waals surface area contributed by atoms with Crippen LogP contribution >= 0.6 is 11.8 Å². The zero-order valence-corrected chi connectivity index (χ0v) is 15.4. The van der Waals surface area contributed by atoms with Crippen molar-refractivity contribution < 1.29 is 18.4 Å². The lowest BCUT2D eigenvalue weighted by Crippen LogP contribution is -2.09. The molecule has 0 saturated heterocycles. The molecule has 138 valence electrons. The van der Waals surface area contributed by atoms with E-state index >= 15 is 0 Å². The summed E-state index contributed by atoms with van der Waals surface area (Å²) in [5, 5.41) is 3.10. The first-order valence-electron chi connectivity index (χ1n) is 8.33. The third-order valence-electron chi connectivity index (χ3n) is 3.75. The number of hydrogen-bond donors (Lipinski definition) is 1. The molecule has 1 N–H and O–H groups in total. The van der Waals surface area contributed by atoms with Gasteiger partial charge in [0.15, 0.2) is 11.5 Å². The number of halogens is 1. The summed E-state index contributed by atoms with van der Waals surface area (Å²) >= 11 is 1.19. The second-order valence-electron chi connectivity index (χ2n) is 5.69. The predicted molar refractivity (Wildman–Crippen MR) is 102 cm³/mol. The van der Waals surface area contributed by atoms with E-state index in [0.29, 0.717) is 34.2 Å². The number of ketones is 1. The molecule has 0 unspecified atom stereocenters. The van der Waals surface area contributed by atoms with Crippen LogP contribution in [0.1, 0.15) is 23.7 Å². The fourth-order valence-corrected chi connectivity index (χ4v) is 2.97. The van der Waals surface area contributed by atoms with E-state index in [2.05, 4.69) is 10.3 Å². The van der Waals surface area contributed by atoms with Crippen molar-refractivity contribution in [2.24, 2.45) is 0 Å². The van der Waals surface area contributed by atoms with Gasteiger partial charge in [0.05, 0.1) is 11.9 Å².